The van der Waals surface area contributed by atoms with E-state index in [1.54, 1.807) is 0 Å². The number of rotatable bonds is 8. The van der Waals surface area contributed by atoms with Gasteiger partial charge in [0.25, 0.3) is 0 Å². The Labute approximate surface area is 119 Å². The van der Waals surface area contributed by atoms with Crippen LogP contribution in [0, 0.1) is 0 Å². The van der Waals surface area contributed by atoms with Crippen LogP contribution in [0.5, 0.6) is 0 Å². The van der Waals surface area contributed by atoms with Crippen LogP contribution in [-0.2, 0) is 14.0 Å². The van der Waals surface area contributed by atoms with E-state index >= 15 is 0 Å². The lowest BCUT2D eigenvalue weighted by Gasteiger charge is -2.36. The van der Waals surface area contributed by atoms with Crippen LogP contribution in [0.4, 0.5) is 0 Å². The Morgan fingerprint density at radius 3 is 2.26 bits per heavy atom. The Kier molecular flexibility index (Phi) is 8.26. The topological polar surface area (TPSA) is 35.5 Å². The third kappa shape index (κ3) is 8.21. The van der Waals surface area contributed by atoms with Crippen molar-refractivity contribution in [3.05, 3.63) is 12.2 Å². The van der Waals surface area contributed by atoms with Crippen LogP contribution in [0.1, 0.15) is 46.5 Å². The summed E-state index contributed by atoms with van der Waals surface area (Å²) in [5.41, 5.74) is 0. The molecule has 0 atom stereocenters. The zero-order valence-corrected chi connectivity index (χ0v) is 14.4. The normalized spacial score (nSPS) is 12.9. The molecule has 0 saturated carbocycles. The fourth-order valence-corrected chi connectivity index (χ4v) is 2.37. The monoisotopic (exact) mass is 286 g/mol. The molecule has 0 aliphatic rings. The van der Waals surface area contributed by atoms with Crippen molar-refractivity contribution in [3.8, 4) is 0 Å². The summed E-state index contributed by atoms with van der Waals surface area (Å²) in [4.78, 5) is 10.9. The van der Waals surface area contributed by atoms with Crippen LogP contribution in [-0.4, -0.2) is 28.0 Å². The van der Waals surface area contributed by atoms with Gasteiger partial charge in [-0.2, -0.15) is 0 Å². The predicted octanol–water partition coefficient (Wildman–Crippen LogP) is 4.30. The van der Waals surface area contributed by atoms with Gasteiger partial charge in [0.1, 0.15) is 0 Å². The van der Waals surface area contributed by atoms with Crippen LogP contribution in [0.3, 0.4) is 0 Å². The highest BCUT2D eigenvalue weighted by molar-refractivity contribution is 6.74. The average Bonchev–Trinajstić information content (AvgIpc) is 2.30. The molecule has 4 heteroatoms. The molecular weight excluding hydrogens is 256 g/mol. The van der Waals surface area contributed by atoms with Crippen molar-refractivity contribution < 1.29 is 14.0 Å². The van der Waals surface area contributed by atoms with Gasteiger partial charge in [0.15, 0.2) is 8.32 Å². The molecule has 0 fully saturated rings. The lowest BCUT2D eigenvalue weighted by molar-refractivity contribution is -0.140. The fourth-order valence-electron chi connectivity index (χ4n) is 1.28. The van der Waals surface area contributed by atoms with E-state index < -0.39 is 8.32 Å². The summed E-state index contributed by atoms with van der Waals surface area (Å²) < 4.78 is 10.7. The first-order chi connectivity index (χ1) is 8.70. The molecule has 0 unspecified atom stereocenters. The first-order valence-corrected chi connectivity index (χ1v) is 9.97. The first-order valence-electron chi connectivity index (χ1n) is 7.06. The third-order valence-corrected chi connectivity index (χ3v) is 8.23. The van der Waals surface area contributed by atoms with Gasteiger partial charge in [0, 0.05) is 13.0 Å². The lowest BCUT2D eigenvalue weighted by Crippen LogP contribution is -2.40. The molecular formula is C15H30O3Si. The van der Waals surface area contributed by atoms with E-state index in [1.807, 2.05) is 6.08 Å². The Hall–Kier alpha value is -0.613. The van der Waals surface area contributed by atoms with E-state index in [1.165, 1.54) is 7.11 Å². The van der Waals surface area contributed by atoms with Gasteiger partial charge in [-0.1, -0.05) is 32.9 Å². The van der Waals surface area contributed by atoms with E-state index in [9.17, 15) is 4.79 Å². The van der Waals surface area contributed by atoms with E-state index in [-0.39, 0.29) is 11.0 Å². The second-order valence-electron chi connectivity index (χ2n) is 6.34. The molecule has 0 spiro atoms. The van der Waals surface area contributed by atoms with Crippen molar-refractivity contribution >= 4 is 14.3 Å². The maximum Gasteiger partial charge on any atom is 0.305 e. The van der Waals surface area contributed by atoms with E-state index in [0.29, 0.717) is 6.42 Å². The fraction of sp³-hybridized carbons (Fsp3) is 0.800. The largest absolute Gasteiger partial charge is 0.469 e. The second kappa shape index (κ2) is 8.54. The van der Waals surface area contributed by atoms with Crippen molar-refractivity contribution in [2.24, 2.45) is 0 Å². The van der Waals surface area contributed by atoms with Gasteiger partial charge in [-0.05, 0) is 37.4 Å². The minimum absolute atomic E-state index is 0.147. The van der Waals surface area contributed by atoms with E-state index in [4.69, 9.17) is 4.43 Å². The summed E-state index contributed by atoms with van der Waals surface area (Å²) in [6.45, 7) is 12.2. The average molecular weight is 286 g/mol. The van der Waals surface area contributed by atoms with Crippen molar-refractivity contribution in [1.82, 2.24) is 0 Å². The summed E-state index contributed by atoms with van der Waals surface area (Å²) >= 11 is 0. The number of carbonyl (C=O) groups is 1. The third-order valence-electron chi connectivity index (χ3n) is 3.69. The van der Waals surface area contributed by atoms with Crippen LogP contribution in [0.15, 0.2) is 12.2 Å². The van der Waals surface area contributed by atoms with Gasteiger partial charge in [0.05, 0.1) is 7.11 Å². The Bertz CT molecular complexity index is 290. The molecule has 3 nitrogen and oxygen atoms in total. The zero-order chi connectivity index (χ0) is 14.9. The van der Waals surface area contributed by atoms with Crippen molar-refractivity contribution in [3.63, 3.8) is 0 Å². The Morgan fingerprint density at radius 1 is 1.16 bits per heavy atom. The van der Waals surface area contributed by atoms with Gasteiger partial charge in [-0.3, -0.25) is 4.79 Å². The molecule has 0 amide bonds. The predicted molar refractivity (Wildman–Crippen MR) is 82.8 cm³/mol. The smallest absolute Gasteiger partial charge is 0.305 e. The zero-order valence-electron chi connectivity index (χ0n) is 13.4. The Balaban J connectivity index is 3.66. The summed E-state index contributed by atoms with van der Waals surface area (Å²) in [6.07, 6.45) is 7.45. The number of hydrogen-bond acceptors (Lipinski definition) is 3. The molecule has 0 N–H and O–H groups in total. The van der Waals surface area contributed by atoms with E-state index in [0.717, 1.165) is 25.9 Å². The number of methoxy groups -OCH3 is 1. The van der Waals surface area contributed by atoms with Gasteiger partial charge < -0.3 is 9.16 Å². The molecule has 0 bridgehead atoms. The first kappa shape index (κ1) is 18.4. The number of esters is 1. The number of allylic oxidation sites excluding steroid dienone is 2. The summed E-state index contributed by atoms with van der Waals surface area (Å²) in [5, 5.41) is 0.281. The molecule has 19 heavy (non-hydrogen) atoms. The lowest BCUT2D eigenvalue weighted by atomic mass is 10.2. The summed E-state index contributed by atoms with van der Waals surface area (Å²) in [6, 6.07) is 0. The summed E-state index contributed by atoms with van der Waals surface area (Å²) in [7, 11) is -0.165. The summed E-state index contributed by atoms with van der Waals surface area (Å²) in [5.74, 6) is -0.147. The number of ether oxygens (including phenoxy) is 1. The SMILES string of the molecule is COC(=O)CC/C=C\CCCO[Si](C)(C)C(C)(C)C. The molecule has 0 aliphatic heterocycles. The molecule has 0 radical (unpaired) electrons. The van der Waals surface area contributed by atoms with Gasteiger partial charge >= 0.3 is 5.97 Å². The van der Waals surface area contributed by atoms with Gasteiger partial charge in [0.2, 0.25) is 0 Å². The van der Waals surface area contributed by atoms with Crippen molar-refractivity contribution in [1.29, 1.82) is 0 Å². The number of carbonyl (C=O) groups excluding carboxylic acids is 1. The quantitative estimate of drug-likeness (QED) is 0.289. The van der Waals surface area contributed by atoms with Crippen LogP contribution in [0.25, 0.3) is 0 Å². The molecule has 0 heterocycles. The molecule has 0 aromatic carbocycles. The molecule has 0 rings (SSSR count). The second-order valence-corrected chi connectivity index (χ2v) is 11.1. The minimum atomic E-state index is -1.59. The van der Waals surface area contributed by atoms with Crippen LogP contribution in [0.2, 0.25) is 18.1 Å². The molecule has 0 aromatic rings. The van der Waals surface area contributed by atoms with Crippen molar-refractivity contribution in [2.45, 2.75) is 64.6 Å². The molecule has 0 aromatic heterocycles. The van der Waals surface area contributed by atoms with Crippen LogP contribution < -0.4 is 0 Å². The minimum Gasteiger partial charge on any atom is -0.469 e. The molecule has 0 aliphatic carbocycles. The number of hydrogen-bond donors (Lipinski definition) is 0. The molecule has 0 saturated heterocycles. The highest BCUT2D eigenvalue weighted by Crippen LogP contribution is 2.36. The highest BCUT2D eigenvalue weighted by atomic mass is 28.4. The van der Waals surface area contributed by atoms with Crippen LogP contribution >= 0.6 is 0 Å². The van der Waals surface area contributed by atoms with Crippen molar-refractivity contribution in [2.75, 3.05) is 13.7 Å². The standard InChI is InChI=1S/C15H30O3Si/c1-15(2,3)19(5,6)18-13-11-9-7-8-10-12-14(16)17-4/h7-8H,9-13H2,1-6H3/b8-7-. The maximum absolute atomic E-state index is 10.9. The highest BCUT2D eigenvalue weighted by Gasteiger charge is 2.36. The Morgan fingerprint density at radius 2 is 1.74 bits per heavy atom. The van der Waals surface area contributed by atoms with Gasteiger partial charge in [-0.25, -0.2) is 0 Å². The molecule has 112 valence electrons. The maximum atomic E-state index is 10.9. The van der Waals surface area contributed by atoms with E-state index in [2.05, 4.69) is 44.7 Å². The number of unbranched alkanes of at least 4 members (excludes halogenated alkanes) is 1. The van der Waals surface area contributed by atoms with Gasteiger partial charge in [-0.15, -0.1) is 0 Å².